The predicted octanol–water partition coefficient (Wildman–Crippen LogP) is 1.07. The number of anilines is 3. The molecule has 1 aliphatic carbocycles. The van der Waals surface area contributed by atoms with Gasteiger partial charge in [0.1, 0.15) is 0 Å². The number of aromatic nitrogens is 3. The number of benzene rings is 1. The highest BCUT2D eigenvalue weighted by Gasteiger charge is 2.45. The van der Waals surface area contributed by atoms with Crippen molar-refractivity contribution < 1.29 is 22.0 Å². The van der Waals surface area contributed by atoms with Gasteiger partial charge in [0.05, 0.1) is 23.6 Å². The third-order valence-corrected chi connectivity index (χ3v) is 6.90. The first-order chi connectivity index (χ1) is 14.5. The Balaban J connectivity index is 1.59. The van der Waals surface area contributed by atoms with Crippen LogP contribution in [0.5, 0.6) is 0 Å². The largest absolute Gasteiger partial charge is 0.364 e. The van der Waals surface area contributed by atoms with E-state index in [1.165, 1.54) is 0 Å². The maximum Gasteiger partial charge on any atom is 0.273 e. The number of fused-ring (bicyclic) bond motifs is 1. The Bertz CT molecular complexity index is 1140. The molecule has 1 aliphatic heterocycles. The van der Waals surface area contributed by atoms with E-state index < -0.39 is 33.8 Å². The number of primary amides is 1. The van der Waals surface area contributed by atoms with E-state index in [1.54, 1.807) is 18.2 Å². The summed E-state index contributed by atoms with van der Waals surface area (Å²) in [6.45, 7) is 0. The van der Waals surface area contributed by atoms with Gasteiger partial charge in [-0.15, -0.1) is 10.2 Å². The number of sulfone groups is 1. The zero-order chi connectivity index (χ0) is 22.4. The molecule has 0 bridgehead atoms. The van der Waals surface area contributed by atoms with Crippen LogP contribution in [0.25, 0.3) is 0 Å². The van der Waals surface area contributed by atoms with Crippen LogP contribution >= 0.6 is 0 Å². The summed E-state index contributed by atoms with van der Waals surface area (Å²) < 4.78 is 51.5. The zero-order valence-corrected chi connectivity index (χ0v) is 17.1. The fraction of sp³-hybridized carbons (Fsp3) is 0.444. The number of hydrogen-bond donors (Lipinski definition) is 4. The average molecular weight is 453 g/mol. The minimum atomic E-state index is -3.18. The Morgan fingerprint density at radius 2 is 1.94 bits per heavy atom. The van der Waals surface area contributed by atoms with Crippen LogP contribution in [0.3, 0.4) is 0 Å². The fourth-order valence-electron chi connectivity index (χ4n) is 3.81. The molecule has 2 aromatic rings. The van der Waals surface area contributed by atoms with Gasteiger partial charge in [0.15, 0.2) is 21.3 Å². The number of amides is 1. The van der Waals surface area contributed by atoms with Crippen LogP contribution in [0.15, 0.2) is 18.2 Å². The molecule has 1 saturated carbocycles. The molecule has 0 unspecified atom stereocenters. The van der Waals surface area contributed by atoms with Gasteiger partial charge in [0.2, 0.25) is 5.95 Å². The molecule has 2 aliphatic rings. The molecule has 10 nitrogen and oxygen atoms in total. The lowest BCUT2D eigenvalue weighted by Gasteiger charge is -2.35. The highest BCUT2D eigenvalue weighted by Crippen LogP contribution is 2.34. The zero-order valence-electron chi connectivity index (χ0n) is 16.3. The molecule has 1 fully saturated rings. The maximum atomic E-state index is 13.9. The lowest BCUT2D eigenvalue weighted by molar-refractivity contribution is -0.0555. The van der Waals surface area contributed by atoms with Gasteiger partial charge < -0.3 is 22.1 Å². The smallest absolute Gasteiger partial charge is 0.273 e. The molecule has 166 valence electrons. The molecule has 31 heavy (non-hydrogen) atoms. The topological polar surface area (TPSA) is 166 Å². The van der Waals surface area contributed by atoms with E-state index in [2.05, 4.69) is 25.8 Å². The lowest BCUT2D eigenvalue weighted by atomic mass is 9.87. The summed E-state index contributed by atoms with van der Waals surface area (Å²) in [5, 5.41) is 13.2. The Hall–Kier alpha value is -2.93. The van der Waals surface area contributed by atoms with E-state index >= 15 is 0 Å². The SMILES string of the molecule is NC(=O)c1nnc(N[C@@H]2CCCC(F)(F)[C@@H]2N)nc1Nc1ccc2c(c1)CS(=O)(=O)C2. The van der Waals surface area contributed by atoms with Crippen LogP contribution in [-0.2, 0) is 21.3 Å². The van der Waals surface area contributed by atoms with E-state index in [0.29, 0.717) is 23.2 Å². The van der Waals surface area contributed by atoms with Crippen molar-refractivity contribution in [3.8, 4) is 0 Å². The van der Waals surface area contributed by atoms with Crippen LogP contribution in [0.2, 0.25) is 0 Å². The second-order valence-corrected chi connectivity index (χ2v) is 9.83. The first-order valence-electron chi connectivity index (χ1n) is 9.58. The van der Waals surface area contributed by atoms with Crippen LogP contribution in [0.1, 0.15) is 40.9 Å². The van der Waals surface area contributed by atoms with Crippen molar-refractivity contribution in [2.75, 3.05) is 10.6 Å². The van der Waals surface area contributed by atoms with E-state index in [0.717, 1.165) is 0 Å². The van der Waals surface area contributed by atoms with Gasteiger partial charge in [-0.25, -0.2) is 17.2 Å². The van der Waals surface area contributed by atoms with Crippen LogP contribution < -0.4 is 22.1 Å². The summed E-state index contributed by atoms with van der Waals surface area (Å²) in [7, 11) is -3.18. The van der Waals surface area contributed by atoms with Gasteiger partial charge in [-0.3, -0.25) is 4.79 Å². The fourth-order valence-corrected chi connectivity index (χ4v) is 5.41. The third kappa shape index (κ3) is 4.42. The second kappa shape index (κ2) is 7.64. The van der Waals surface area contributed by atoms with Crippen LogP contribution in [0.4, 0.5) is 26.2 Å². The van der Waals surface area contributed by atoms with Gasteiger partial charge in [0, 0.05) is 12.1 Å². The molecular formula is C18H21F2N7O3S. The minimum absolute atomic E-state index is 0.0233. The molecule has 0 saturated heterocycles. The molecule has 13 heteroatoms. The Kier molecular flexibility index (Phi) is 5.25. The van der Waals surface area contributed by atoms with Gasteiger partial charge in [-0.05, 0) is 36.1 Å². The summed E-state index contributed by atoms with van der Waals surface area (Å²) in [5.41, 5.74) is 12.6. The van der Waals surface area contributed by atoms with E-state index in [4.69, 9.17) is 11.5 Å². The van der Waals surface area contributed by atoms with Crippen molar-refractivity contribution in [3.05, 3.63) is 35.0 Å². The summed E-state index contributed by atoms with van der Waals surface area (Å²) in [5.74, 6) is -4.13. The normalized spacial score (nSPS) is 23.7. The Morgan fingerprint density at radius 3 is 2.68 bits per heavy atom. The van der Waals surface area contributed by atoms with E-state index in [9.17, 15) is 22.0 Å². The number of hydrogen-bond acceptors (Lipinski definition) is 9. The molecule has 0 spiro atoms. The molecule has 2 heterocycles. The summed E-state index contributed by atoms with van der Waals surface area (Å²) in [6, 6.07) is 2.75. The molecule has 1 aromatic heterocycles. The lowest BCUT2D eigenvalue weighted by Crippen LogP contribution is -2.55. The average Bonchev–Trinajstić information content (AvgIpc) is 2.98. The molecule has 6 N–H and O–H groups in total. The highest BCUT2D eigenvalue weighted by molar-refractivity contribution is 7.90. The second-order valence-electron chi connectivity index (χ2n) is 7.77. The van der Waals surface area contributed by atoms with Crippen molar-refractivity contribution >= 4 is 33.2 Å². The predicted molar refractivity (Wildman–Crippen MR) is 109 cm³/mol. The highest BCUT2D eigenvalue weighted by atomic mass is 32.2. The first kappa shape index (κ1) is 21.3. The maximum absolute atomic E-state index is 13.9. The van der Waals surface area contributed by atoms with Crippen molar-refractivity contribution in [2.45, 2.75) is 48.8 Å². The van der Waals surface area contributed by atoms with Crippen molar-refractivity contribution in [1.82, 2.24) is 15.2 Å². The summed E-state index contributed by atoms with van der Waals surface area (Å²) in [6.07, 6.45) is 0.404. The number of alkyl halides is 2. The van der Waals surface area contributed by atoms with Gasteiger partial charge >= 0.3 is 0 Å². The third-order valence-electron chi connectivity index (χ3n) is 5.40. The number of nitrogens with two attached hydrogens (primary N) is 2. The van der Waals surface area contributed by atoms with E-state index in [1.807, 2.05) is 0 Å². The number of carbonyl (C=O) groups excluding carboxylic acids is 1. The Morgan fingerprint density at radius 1 is 1.19 bits per heavy atom. The van der Waals surface area contributed by atoms with Crippen LogP contribution in [0, 0.1) is 0 Å². The molecule has 1 amide bonds. The van der Waals surface area contributed by atoms with Gasteiger partial charge in [-0.1, -0.05) is 6.07 Å². The molecule has 2 atom stereocenters. The molecule has 4 rings (SSSR count). The standard InChI is InChI=1S/C18H21F2N7O3S/c19-18(20)5-1-2-12(14(18)21)24-17-25-16(13(15(22)28)26-27-17)23-11-4-3-9-7-31(29,30)8-10(9)6-11/h3-4,6,12,14H,1-2,5,7-8,21H2,(H2,22,28)(H2,23,24,25,27)/t12-,14-/m1/s1. The summed E-state index contributed by atoms with van der Waals surface area (Å²) in [4.78, 5) is 15.9. The van der Waals surface area contributed by atoms with E-state index in [-0.39, 0.29) is 41.8 Å². The number of halogens is 2. The van der Waals surface area contributed by atoms with Crippen molar-refractivity contribution in [1.29, 1.82) is 0 Å². The van der Waals surface area contributed by atoms with Gasteiger partial charge in [-0.2, -0.15) is 4.98 Å². The molecular weight excluding hydrogens is 432 g/mol. The summed E-state index contributed by atoms with van der Waals surface area (Å²) >= 11 is 0. The quantitative estimate of drug-likeness (QED) is 0.518. The number of rotatable bonds is 5. The number of nitrogens with zero attached hydrogens (tertiary/aromatic N) is 3. The monoisotopic (exact) mass is 453 g/mol. The van der Waals surface area contributed by atoms with Crippen LogP contribution in [-0.4, -0.2) is 47.5 Å². The van der Waals surface area contributed by atoms with Gasteiger partial charge in [0.25, 0.3) is 11.8 Å². The molecule has 0 radical (unpaired) electrons. The minimum Gasteiger partial charge on any atom is -0.364 e. The van der Waals surface area contributed by atoms with Crippen molar-refractivity contribution in [2.24, 2.45) is 11.5 Å². The number of carbonyl (C=O) groups is 1. The first-order valence-corrected chi connectivity index (χ1v) is 11.4. The Labute approximate surface area is 176 Å². The molecule has 1 aromatic carbocycles. The van der Waals surface area contributed by atoms with Crippen molar-refractivity contribution in [3.63, 3.8) is 0 Å². The number of nitrogens with one attached hydrogen (secondary N) is 2.